The Kier molecular flexibility index (Phi) is 6.59. The molecule has 0 heterocycles. The van der Waals surface area contributed by atoms with Gasteiger partial charge in [-0.25, -0.2) is 8.42 Å². The minimum atomic E-state index is -4.16. The zero-order valence-corrected chi connectivity index (χ0v) is 13.0. The maximum absolute atomic E-state index is 11.1. The van der Waals surface area contributed by atoms with Gasteiger partial charge in [-0.2, -0.15) is 12.1 Å². The van der Waals surface area contributed by atoms with E-state index in [0.29, 0.717) is 5.56 Å². The van der Waals surface area contributed by atoms with Gasteiger partial charge < -0.3 is 30.3 Å². The summed E-state index contributed by atoms with van der Waals surface area (Å²) >= 11 is 0. The van der Waals surface area contributed by atoms with Gasteiger partial charge in [-0.1, -0.05) is 29.3 Å². The van der Waals surface area contributed by atoms with E-state index in [0.717, 1.165) is 5.56 Å². The fraction of sp³-hybridized carbons (Fsp3) is 0. The molecular weight excluding hydrogens is 328 g/mol. The van der Waals surface area contributed by atoms with Crippen LogP contribution in [0.3, 0.4) is 0 Å². The van der Waals surface area contributed by atoms with Crippen molar-refractivity contribution in [1.29, 1.82) is 0 Å². The van der Waals surface area contributed by atoms with E-state index in [4.69, 9.17) is 4.55 Å². The van der Waals surface area contributed by atoms with Gasteiger partial charge in [-0.05, 0) is 0 Å². The predicted octanol–water partition coefficient (Wildman–Crippen LogP) is 3.72. The van der Waals surface area contributed by atoms with Crippen molar-refractivity contribution in [2.45, 2.75) is 4.90 Å². The van der Waals surface area contributed by atoms with Gasteiger partial charge in [-0.3, -0.25) is 4.55 Å². The van der Waals surface area contributed by atoms with Crippen LogP contribution < -0.4 is 0 Å². The number of hydrogen-bond donors (Lipinski definition) is 1. The molecule has 0 spiro atoms. The average molecular weight is 342 g/mol. The quantitative estimate of drug-likeness (QED) is 0.439. The van der Waals surface area contributed by atoms with Crippen molar-refractivity contribution in [3.05, 3.63) is 78.9 Å². The first kappa shape index (κ1) is 17.4. The summed E-state index contributed by atoms with van der Waals surface area (Å²) in [6, 6.07) is 23.6. The molecular formula is C16H14FeO3S-6. The molecule has 3 rings (SSSR count). The molecule has 3 nitrogen and oxygen atoms in total. The maximum atomic E-state index is 11.1. The third-order valence-corrected chi connectivity index (χ3v) is 3.61. The smallest absolute Gasteiger partial charge is 0.266 e. The predicted molar refractivity (Wildman–Crippen MR) is 79.3 cm³/mol. The monoisotopic (exact) mass is 342 g/mol. The maximum Gasteiger partial charge on any atom is 0.266 e. The largest absolute Gasteiger partial charge is 0.748 e. The molecule has 3 aromatic carbocycles. The molecule has 116 valence electrons. The van der Waals surface area contributed by atoms with Gasteiger partial charge in [0.25, 0.3) is 10.1 Å². The van der Waals surface area contributed by atoms with E-state index >= 15 is 0 Å². The number of hydrogen-bond acceptors (Lipinski definition) is 2. The third kappa shape index (κ3) is 4.99. The van der Waals surface area contributed by atoms with Gasteiger partial charge in [-0.15, -0.1) is 18.2 Å². The number of benzene rings is 1. The molecule has 0 aliphatic rings. The summed E-state index contributed by atoms with van der Waals surface area (Å²) in [5, 5.41) is 0. The van der Waals surface area contributed by atoms with Crippen molar-refractivity contribution in [2.24, 2.45) is 0 Å². The standard InChI is InChI=1S/C11H9O3S.C5H5.Fe/c12-15(13,14)11-8-4-3-7-10(11)9-5-1-2-6-9;1-2-4-5-3-1;/h1-8H,(H,12,13,14);1-5H;/q-1;-5;. The third-order valence-electron chi connectivity index (χ3n) is 2.69. The van der Waals surface area contributed by atoms with Gasteiger partial charge in [0.1, 0.15) is 0 Å². The Morgan fingerprint density at radius 1 is 0.857 bits per heavy atom. The van der Waals surface area contributed by atoms with E-state index in [1.165, 1.54) is 6.07 Å². The van der Waals surface area contributed by atoms with Crippen LogP contribution >= 0.6 is 0 Å². The fourth-order valence-corrected chi connectivity index (χ4v) is 2.52. The Hall–Kier alpha value is -1.65. The Balaban J connectivity index is 0.000000313. The second kappa shape index (κ2) is 7.96. The second-order valence-corrected chi connectivity index (χ2v) is 5.50. The Bertz CT molecular complexity index is 712. The minimum absolute atomic E-state index is 0. The summed E-state index contributed by atoms with van der Waals surface area (Å²) in [4.78, 5) is -0.0591. The second-order valence-electron chi connectivity index (χ2n) is 4.11. The van der Waals surface area contributed by atoms with Crippen LogP contribution in [0.15, 0.2) is 83.8 Å². The minimum Gasteiger partial charge on any atom is -0.748 e. The molecule has 0 aliphatic carbocycles. The van der Waals surface area contributed by atoms with Crippen LogP contribution in [0.4, 0.5) is 0 Å². The fourth-order valence-electron chi connectivity index (χ4n) is 1.80. The van der Waals surface area contributed by atoms with Crippen molar-refractivity contribution < 1.29 is 30.0 Å². The molecule has 0 aromatic heterocycles. The molecule has 0 atom stereocenters. The van der Waals surface area contributed by atoms with Gasteiger partial charge >= 0.3 is 0 Å². The molecule has 21 heavy (non-hydrogen) atoms. The van der Waals surface area contributed by atoms with Gasteiger partial charge in [0.05, 0.1) is 0 Å². The van der Waals surface area contributed by atoms with Crippen molar-refractivity contribution >= 4 is 10.1 Å². The van der Waals surface area contributed by atoms with Crippen LogP contribution in [0.1, 0.15) is 0 Å². The molecule has 0 aliphatic heterocycles. The molecule has 0 radical (unpaired) electrons. The summed E-state index contributed by atoms with van der Waals surface area (Å²) in [7, 11) is -4.16. The van der Waals surface area contributed by atoms with Crippen LogP contribution in [-0.4, -0.2) is 13.0 Å². The van der Waals surface area contributed by atoms with Crippen molar-refractivity contribution in [3.63, 3.8) is 0 Å². The molecule has 0 fully saturated rings. The first-order chi connectivity index (χ1) is 9.59. The summed E-state index contributed by atoms with van der Waals surface area (Å²) in [6.45, 7) is 0. The average Bonchev–Trinajstić information content (AvgIpc) is 3.14. The SMILES string of the molecule is O=S(=O)(O)c1ccccc1-[c-]1cccc1.[Fe].[cH-]1[cH-][cH-][cH-][cH-]1. The van der Waals surface area contributed by atoms with E-state index < -0.39 is 10.1 Å². The van der Waals surface area contributed by atoms with E-state index in [2.05, 4.69) is 0 Å². The van der Waals surface area contributed by atoms with E-state index in [1.54, 1.807) is 30.3 Å². The summed E-state index contributed by atoms with van der Waals surface area (Å²) < 4.78 is 31.2. The van der Waals surface area contributed by atoms with Crippen LogP contribution in [-0.2, 0) is 27.2 Å². The molecule has 0 bridgehead atoms. The number of rotatable bonds is 2. The Morgan fingerprint density at radius 3 is 1.81 bits per heavy atom. The first-order valence-electron chi connectivity index (χ1n) is 6.04. The normalized spacial score (nSPS) is 10.1. The Labute approximate surface area is 135 Å². The van der Waals surface area contributed by atoms with Gasteiger partial charge in [0.2, 0.25) is 0 Å². The van der Waals surface area contributed by atoms with E-state index in [1.807, 2.05) is 42.5 Å². The molecule has 0 unspecified atom stereocenters. The van der Waals surface area contributed by atoms with Crippen molar-refractivity contribution in [1.82, 2.24) is 0 Å². The molecule has 0 saturated carbocycles. The summed E-state index contributed by atoms with van der Waals surface area (Å²) in [6.07, 6.45) is 0. The van der Waals surface area contributed by atoms with Gasteiger partial charge in [0.15, 0.2) is 0 Å². The van der Waals surface area contributed by atoms with Crippen LogP contribution in [0.2, 0.25) is 0 Å². The molecule has 3 aromatic rings. The van der Waals surface area contributed by atoms with Crippen LogP contribution in [0.5, 0.6) is 0 Å². The summed E-state index contributed by atoms with van der Waals surface area (Å²) in [5.74, 6) is 0. The summed E-state index contributed by atoms with van der Waals surface area (Å²) in [5.41, 5.74) is 1.30. The zero-order valence-electron chi connectivity index (χ0n) is 11.0. The van der Waals surface area contributed by atoms with Crippen LogP contribution in [0.25, 0.3) is 11.1 Å². The topological polar surface area (TPSA) is 54.4 Å². The molecule has 5 heteroatoms. The van der Waals surface area contributed by atoms with Crippen molar-refractivity contribution in [2.75, 3.05) is 0 Å². The molecule has 0 amide bonds. The zero-order chi connectivity index (χ0) is 14.4. The van der Waals surface area contributed by atoms with Gasteiger partial charge in [0, 0.05) is 22.0 Å². The first-order valence-corrected chi connectivity index (χ1v) is 7.48. The molecule has 0 saturated heterocycles. The Morgan fingerprint density at radius 2 is 1.33 bits per heavy atom. The van der Waals surface area contributed by atoms with E-state index in [-0.39, 0.29) is 22.0 Å². The van der Waals surface area contributed by atoms with Crippen LogP contribution in [0, 0.1) is 0 Å². The molecule has 1 N–H and O–H groups in total. The van der Waals surface area contributed by atoms with Crippen molar-refractivity contribution in [3.8, 4) is 11.1 Å². The van der Waals surface area contributed by atoms with E-state index in [9.17, 15) is 8.42 Å².